The molecule has 0 bridgehead atoms. The first-order valence-electron chi connectivity index (χ1n) is 4.54. The van der Waals surface area contributed by atoms with Crippen molar-refractivity contribution in [3.05, 3.63) is 57.4 Å². The molecule has 0 aliphatic heterocycles. The van der Waals surface area contributed by atoms with Gasteiger partial charge in [-0.05, 0) is 12.1 Å². The number of para-hydroxylation sites is 1. The van der Waals surface area contributed by atoms with Crippen molar-refractivity contribution in [1.29, 1.82) is 0 Å². The fraction of sp³-hybridized carbons (Fsp3) is 0. The van der Waals surface area contributed by atoms with Crippen LogP contribution in [-0.4, -0.2) is 9.91 Å². The number of hydrogen-bond donors (Lipinski definition) is 0. The second-order valence-electron chi connectivity index (χ2n) is 3.16. The van der Waals surface area contributed by atoms with Gasteiger partial charge in [0.25, 0.3) is 0 Å². The zero-order valence-corrected chi connectivity index (χ0v) is 8.89. The van der Waals surface area contributed by atoms with E-state index in [0.29, 0.717) is 5.56 Å². The number of hydrogen-bond acceptors (Lipinski definition) is 3. The second-order valence-corrected chi connectivity index (χ2v) is 3.52. The predicted molar refractivity (Wildman–Crippen MR) is 62.8 cm³/mol. The average Bonchev–Trinajstić information content (AvgIpc) is 2.26. The van der Waals surface area contributed by atoms with Crippen molar-refractivity contribution in [3.63, 3.8) is 0 Å². The molecule has 1 aromatic heterocycles. The van der Waals surface area contributed by atoms with Gasteiger partial charge in [-0.2, -0.15) is 0 Å². The molecule has 0 N–H and O–H groups in total. The molecule has 5 heteroatoms. The van der Waals surface area contributed by atoms with Crippen LogP contribution in [0.1, 0.15) is 5.56 Å². The summed E-state index contributed by atoms with van der Waals surface area (Å²) in [4.78, 5) is 13.8. The van der Waals surface area contributed by atoms with Gasteiger partial charge in [-0.3, -0.25) is 10.1 Å². The van der Waals surface area contributed by atoms with E-state index >= 15 is 0 Å². The maximum atomic E-state index is 10.2. The maximum absolute atomic E-state index is 10.2. The van der Waals surface area contributed by atoms with Crippen molar-refractivity contribution >= 4 is 28.6 Å². The van der Waals surface area contributed by atoms with Crippen molar-refractivity contribution in [1.82, 2.24) is 4.98 Å². The lowest BCUT2D eigenvalue weighted by Gasteiger charge is -2.00. The van der Waals surface area contributed by atoms with Crippen LogP contribution in [0.3, 0.4) is 0 Å². The molecule has 0 saturated heterocycles. The SMILES string of the molecule is O=[N+]([O-])/C=C/c1cc2ccccc2nc1Cl. The summed E-state index contributed by atoms with van der Waals surface area (Å²) in [6.07, 6.45) is 2.18. The minimum Gasteiger partial charge on any atom is -0.259 e. The van der Waals surface area contributed by atoms with Gasteiger partial charge in [0, 0.05) is 17.0 Å². The Morgan fingerprint density at radius 1 is 1.38 bits per heavy atom. The molecule has 2 aromatic rings. The maximum Gasteiger partial charge on any atom is 0.235 e. The summed E-state index contributed by atoms with van der Waals surface area (Å²) in [5.74, 6) is 0. The zero-order valence-electron chi connectivity index (χ0n) is 8.13. The number of aromatic nitrogens is 1. The summed E-state index contributed by atoms with van der Waals surface area (Å²) >= 11 is 5.90. The highest BCUT2D eigenvalue weighted by molar-refractivity contribution is 6.31. The molecule has 0 aliphatic carbocycles. The highest BCUT2D eigenvalue weighted by Gasteiger charge is 2.02. The molecule has 0 atom stereocenters. The summed E-state index contributed by atoms with van der Waals surface area (Å²) < 4.78 is 0. The lowest BCUT2D eigenvalue weighted by molar-refractivity contribution is -0.400. The Hall–Kier alpha value is -1.94. The number of halogens is 1. The van der Waals surface area contributed by atoms with E-state index in [0.717, 1.165) is 17.1 Å². The number of rotatable bonds is 2. The molecule has 80 valence electrons. The van der Waals surface area contributed by atoms with Gasteiger partial charge in [0.15, 0.2) is 0 Å². The van der Waals surface area contributed by atoms with Crippen LogP contribution in [0.4, 0.5) is 0 Å². The lowest BCUT2D eigenvalue weighted by Crippen LogP contribution is -1.86. The largest absolute Gasteiger partial charge is 0.259 e. The molecule has 0 unspecified atom stereocenters. The second kappa shape index (κ2) is 4.28. The van der Waals surface area contributed by atoms with Crippen molar-refractivity contribution in [2.45, 2.75) is 0 Å². The monoisotopic (exact) mass is 234 g/mol. The van der Waals surface area contributed by atoms with Gasteiger partial charge < -0.3 is 0 Å². The first kappa shape index (κ1) is 10.6. The van der Waals surface area contributed by atoms with E-state index in [-0.39, 0.29) is 5.15 Å². The first-order valence-corrected chi connectivity index (χ1v) is 4.91. The van der Waals surface area contributed by atoms with Crippen LogP contribution < -0.4 is 0 Å². The fourth-order valence-electron chi connectivity index (χ4n) is 1.37. The Morgan fingerprint density at radius 3 is 2.88 bits per heavy atom. The van der Waals surface area contributed by atoms with Crippen LogP contribution in [0.5, 0.6) is 0 Å². The van der Waals surface area contributed by atoms with Gasteiger partial charge in [-0.1, -0.05) is 29.8 Å². The smallest absolute Gasteiger partial charge is 0.235 e. The van der Waals surface area contributed by atoms with Crippen LogP contribution in [-0.2, 0) is 0 Å². The molecular formula is C11H7ClN2O2. The van der Waals surface area contributed by atoms with Crippen LogP contribution >= 0.6 is 11.6 Å². The van der Waals surface area contributed by atoms with E-state index < -0.39 is 4.92 Å². The standard InChI is InChI=1S/C11H7ClN2O2/c12-11-9(5-6-14(15)16)7-8-3-1-2-4-10(8)13-11/h1-7H/b6-5+. The molecule has 0 amide bonds. The van der Waals surface area contributed by atoms with Crippen LogP contribution in [0.2, 0.25) is 5.15 Å². The zero-order chi connectivity index (χ0) is 11.5. The van der Waals surface area contributed by atoms with E-state index in [1.807, 2.05) is 24.3 Å². The fourth-order valence-corrected chi connectivity index (χ4v) is 1.58. The third kappa shape index (κ3) is 2.17. The van der Waals surface area contributed by atoms with Gasteiger partial charge in [0.2, 0.25) is 6.20 Å². The Morgan fingerprint density at radius 2 is 2.12 bits per heavy atom. The summed E-state index contributed by atoms with van der Waals surface area (Å²) in [6.45, 7) is 0. The third-order valence-electron chi connectivity index (χ3n) is 2.08. The van der Waals surface area contributed by atoms with Gasteiger partial charge in [0.1, 0.15) is 5.15 Å². The van der Waals surface area contributed by atoms with Crippen LogP contribution in [0, 0.1) is 10.1 Å². The number of fused-ring (bicyclic) bond motifs is 1. The molecule has 0 fully saturated rings. The Bertz CT molecular complexity index is 581. The number of pyridine rings is 1. The van der Waals surface area contributed by atoms with Crippen molar-refractivity contribution in [2.24, 2.45) is 0 Å². The summed E-state index contributed by atoms with van der Waals surface area (Å²) in [7, 11) is 0. The van der Waals surface area contributed by atoms with Gasteiger partial charge in [0.05, 0.1) is 10.4 Å². The molecule has 1 heterocycles. The van der Waals surface area contributed by atoms with E-state index in [1.165, 1.54) is 6.08 Å². The molecule has 0 spiro atoms. The van der Waals surface area contributed by atoms with Crippen LogP contribution in [0.15, 0.2) is 36.5 Å². The Balaban J connectivity index is 2.54. The lowest BCUT2D eigenvalue weighted by atomic mass is 10.1. The number of benzene rings is 1. The van der Waals surface area contributed by atoms with Gasteiger partial charge >= 0.3 is 0 Å². The quantitative estimate of drug-likeness (QED) is 0.456. The topological polar surface area (TPSA) is 56.0 Å². The molecule has 2 rings (SSSR count). The predicted octanol–water partition coefficient (Wildman–Crippen LogP) is 3.14. The highest BCUT2D eigenvalue weighted by Crippen LogP contribution is 2.21. The van der Waals surface area contributed by atoms with E-state index in [2.05, 4.69) is 4.98 Å². The number of nitro groups is 1. The van der Waals surface area contributed by atoms with E-state index in [4.69, 9.17) is 11.6 Å². The Labute approximate surface area is 96.3 Å². The van der Waals surface area contributed by atoms with E-state index in [9.17, 15) is 10.1 Å². The van der Waals surface area contributed by atoms with Crippen LogP contribution in [0.25, 0.3) is 17.0 Å². The van der Waals surface area contributed by atoms with Crippen molar-refractivity contribution in [3.8, 4) is 0 Å². The van der Waals surface area contributed by atoms with E-state index in [1.54, 1.807) is 6.07 Å². The van der Waals surface area contributed by atoms with Crippen molar-refractivity contribution in [2.75, 3.05) is 0 Å². The molecule has 0 aliphatic rings. The average molecular weight is 235 g/mol. The molecule has 1 aromatic carbocycles. The molecular weight excluding hydrogens is 228 g/mol. The van der Waals surface area contributed by atoms with Gasteiger partial charge in [-0.25, -0.2) is 4.98 Å². The summed E-state index contributed by atoms with van der Waals surface area (Å²) in [5.41, 5.74) is 1.31. The minimum absolute atomic E-state index is 0.261. The Kier molecular flexibility index (Phi) is 2.83. The molecule has 0 radical (unpaired) electrons. The molecule has 4 nitrogen and oxygen atoms in total. The number of nitrogens with zero attached hydrogens (tertiary/aromatic N) is 2. The first-order chi connectivity index (χ1) is 7.66. The highest BCUT2D eigenvalue weighted by atomic mass is 35.5. The summed E-state index contributed by atoms with van der Waals surface area (Å²) in [6, 6.07) is 9.21. The normalized spacial score (nSPS) is 11.1. The molecule has 0 saturated carbocycles. The summed E-state index contributed by atoms with van der Waals surface area (Å²) in [5, 5.41) is 11.4. The molecule has 16 heavy (non-hydrogen) atoms. The van der Waals surface area contributed by atoms with Gasteiger partial charge in [-0.15, -0.1) is 0 Å². The van der Waals surface area contributed by atoms with Crippen molar-refractivity contribution < 1.29 is 4.92 Å². The third-order valence-corrected chi connectivity index (χ3v) is 2.38. The minimum atomic E-state index is -0.536.